The average molecular weight is 403 g/mol. The van der Waals surface area contributed by atoms with Crippen molar-refractivity contribution in [1.82, 2.24) is 19.5 Å². The lowest BCUT2D eigenvalue weighted by atomic mass is 9.95. The van der Waals surface area contributed by atoms with Crippen molar-refractivity contribution in [2.75, 3.05) is 12.3 Å². The van der Waals surface area contributed by atoms with E-state index in [1.165, 1.54) is 10.9 Å². The molecule has 4 atom stereocenters. The lowest BCUT2D eigenvalue weighted by Gasteiger charge is -2.19. The number of rotatable bonds is 2. The number of hydrogen-bond donors (Lipinski definition) is 5. The Balaban J connectivity index is 1.69. The Morgan fingerprint density at radius 1 is 1.17 bits per heavy atom. The Morgan fingerprint density at radius 3 is 2.55 bits per heavy atom. The topological polar surface area (TPSA) is 160 Å². The Bertz CT molecular complexity index is 944. The molecule has 3 heterocycles. The van der Waals surface area contributed by atoms with Crippen molar-refractivity contribution in [2.45, 2.75) is 68.7 Å². The number of nitrogens with two attached hydrogens (primary N) is 1. The highest BCUT2D eigenvalue weighted by molar-refractivity contribution is 5.82. The quantitative estimate of drug-likeness (QED) is 0.328. The fourth-order valence-electron chi connectivity index (χ4n) is 3.90. The summed E-state index contributed by atoms with van der Waals surface area (Å²) >= 11 is 0. The van der Waals surface area contributed by atoms with Gasteiger partial charge in [0, 0.05) is 0 Å². The molecule has 2 aromatic heterocycles. The van der Waals surface area contributed by atoms with Crippen LogP contribution in [0.15, 0.2) is 6.33 Å². The molecule has 29 heavy (non-hydrogen) atoms. The molecule has 1 saturated carbocycles. The van der Waals surface area contributed by atoms with Crippen LogP contribution in [-0.2, 0) is 4.74 Å². The van der Waals surface area contributed by atoms with Crippen LogP contribution < -0.4 is 5.73 Å². The normalized spacial score (nSPS) is 29.4. The van der Waals surface area contributed by atoms with E-state index in [-0.39, 0.29) is 17.3 Å². The van der Waals surface area contributed by atoms with Gasteiger partial charge in [-0.1, -0.05) is 18.8 Å². The number of aromatic nitrogens is 4. The Labute approximate surface area is 167 Å². The number of ether oxygens (including phenoxy) is 1. The minimum atomic E-state index is -1.28. The molecule has 10 nitrogen and oxygen atoms in total. The van der Waals surface area contributed by atoms with Gasteiger partial charge in [0.2, 0.25) is 5.82 Å². The molecule has 2 fully saturated rings. The molecule has 0 aromatic carbocycles. The maximum Gasteiger partial charge on any atom is 0.209 e. The lowest BCUT2D eigenvalue weighted by Crippen LogP contribution is -2.33. The molecule has 0 amide bonds. The van der Waals surface area contributed by atoms with Gasteiger partial charge in [0.25, 0.3) is 0 Å². The summed E-state index contributed by atoms with van der Waals surface area (Å²) in [4.78, 5) is 12.7. The Morgan fingerprint density at radius 2 is 1.90 bits per heavy atom. The molecule has 2 aromatic rings. The van der Waals surface area contributed by atoms with E-state index in [9.17, 15) is 20.4 Å². The van der Waals surface area contributed by atoms with Crippen molar-refractivity contribution in [3.05, 3.63) is 12.2 Å². The van der Waals surface area contributed by atoms with Crippen LogP contribution in [0.2, 0.25) is 0 Å². The first kappa shape index (κ1) is 20.0. The molecule has 1 saturated heterocycles. The molecule has 0 radical (unpaired) electrons. The highest BCUT2D eigenvalue weighted by Gasteiger charge is 2.44. The number of aliphatic hydroxyl groups is 4. The van der Waals surface area contributed by atoms with Crippen molar-refractivity contribution in [2.24, 2.45) is 0 Å². The summed E-state index contributed by atoms with van der Waals surface area (Å²) in [6, 6.07) is 0. The predicted octanol–water partition coefficient (Wildman–Crippen LogP) is -0.543. The summed E-state index contributed by atoms with van der Waals surface area (Å²) in [6.45, 7) is -0.437. The minimum absolute atomic E-state index is 0.109. The molecule has 1 aliphatic carbocycles. The van der Waals surface area contributed by atoms with Gasteiger partial charge in [-0.15, -0.1) is 0 Å². The number of imidazole rings is 1. The molecular weight excluding hydrogens is 378 g/mol. The molecular formula is C19H25N5O5. The van der Waals surface area contributed by atoms with E-state index in [0.717, 1.165) is 25.7 Å². The van der Waals surface area contributed by atoms with Gasteiger partial charge in [-0.05, 0) is 31.6 Å². The number of aliphatic hydroxyl groups excluding tert-OH is 3. The van der Waals surface area contributed by atoms with E-state index >= 15 is 0 Å². The first-order valence-electron chi connectivity index (χ1n) is 9.80. The Kier molecular flexibility index (Phi) is 5.42. The molecule has 1 aliphatic heterocycles. The van der Waals surface area contributed by atoms with Gasteiger partial charge < -0.3 is 30.9 Å². The van der Waals surface area contributed by atoms with Crippen LogP contribution in [0, 0.1) is 11.8 Å². The lowest BCUT2D eigenvalue weighted by molar-refractivity contribution is -0.0511. The smallest absolute Gasteiger partial charge is 0.209 e. The van der Waals surface area contributed by atoms with E-state index in [4.69, 9.17) is 10.5 Å². The second-order valence-electron chi connectivity index (χ2n) is 7.68. The summed E-state index contributed by atoms with van der Waals surface area (Å²) < 4.78 is 6.98. The molecule has 0 bridgehead atoms. The third-order valence-corrected chi connectivity index (χ3v) is 5.58. The largest absolute Gasteiger partial charge is 0.394 e. The van der Waals surface area contributed by atoms with E-state index in [2.05, 4.69) is 26.8 Å². The SMILES string of the molecule is Nc1nc(C#CC2(O)CCCCCC2)nc2c1ncn2[C@@H]1O[C@H](CO)[C@@H](O)[C@H]1O. The maximum absolute atomic E-state index is 10.7. The van der Waals surface area contributed by atoms with E-state index in [0.29, 0.717) is 18.4 Å². The van der Waals surface area contributed by atoms with Crippen LogP contribution in [0.25, 0.3) is 11.2 Å². The first-order chi connectivity index (χ1) is 13.9. The second-order valence-corrected chi connectivity index (χ2v) is 7.68. The molecule has 2 aliphatic rings. The molecule has 4 rings (SSSR count). The van der Waals surface area contributed by atoms with Crippen molar-refractivity contribution in [3.63, 3.8) is 0 Å². The van der Waals surface area contributed by atoms with Crippen molar-refractivity contribution in [1.29, 1.82) is 0 Å². The third kappa shape index (κ3) is 3.80. The van der Waals surface area contributed by atoms with Crippen molar-refractivity contribution < 1.29 is 25.2 Å². The highest BCUT2D eigenvalue weighted by atomic mass is 16.6. The van der Waals surface area contributed by atoms with Crippen LogP contribution >= 0.6 is 0 Å². The van der Waals surface area contributed by atoms with Crippen molar-refractivity contribution in [3.8, 4) is 11.8 Å². The summed E-state index contributed by atoms with van der Waals surface area (Å²) in [6.07, 6.45) is 2.18. The molecule has 6 N–H and O–H groups in total. The summed E-state index contributed by atoms with van der Waals surface area (Å²) in [5.41, 5.74) is 5.53. The first-order valence-corrected chi connectivity index (χ1v) is 9.80. The van der Waals surface area contributed by atoms with Gasteiger partial charge in [-0.25, -0.2) is 15.0 Å². The summed E-state index contributed by atoms with van der Waals surface area (Å²) in [5.74, 6) is 5.96. The molecule has 10 heteroatoms. The number of hydrogen-bond acceptors (Lipinski definition) is 9. The average Bonchev–Trinajstić information content (AvgIpc) is 3.16. The molecule has 0 unspecified atom stereocenters. The zero-order valence-corrected chi connectivity index (χ0v) is 15.9. The summed E-state index contributed by atoms with van der Waals surface area (Å²) in [7, 11) is 0. The van der Waals surface area contributed by atoms with Gasteiger partial charge in [0.15, 0.2) is 17.7 Å². The van der Waals surface area contributed by atoms with Gasteiger partial charge in [0.1, 0.15) is 29.4 Å². The highest BCUT2D eigenvalue weighted by Crippen LogP contribution is 2.32. The zero-order valence-electron chi connectivity index (χ0n) is 15.9. The molecule has 156 valence electrons. The number of anilines is 1. The van der Waals surface area contributed by atoms with Gasteiger partial charge >= 0.3 is 0 Å². The van der Waals surface area contributed by atoms with Gasteiger partial charge in [-0.3, -0.25) is 4.57 Å². The van der Waals surface area contributed by atoms with Crippen molar-refractivity contribution >= 4 is 17.0 Å². The predicted molar refractivity (Wildman–Crippen MR) is 102 cm³/mol. The van der Waals surface area contributed by atoms with E-state index < -0.39 is 36.7 Å². The fourth-order valence-corrected chi connectivity index (χ4v) is 3.90. The van der Waals surface area contributed by atoms with Gasteiger partial charge in [0.05, 0.1) is 12.9 Å². The van der Waals surface area contributed by atoms with Crippen LogP contribution in [0.3, 0.4) is 0 Å². The van der Waals surface area contributed by atoms with Gasteiger partial charge in [-0.2, -0.15) is 0 Å². The zero-order chi connectivity index (χ0) is 20.6. The van der Waals surface area contributed by atoms with Crippen LogP contribution in [0.4, 0.5) is 5.82 Å². The van der Waals surface area contributed by atoms with E-state index in [1.807, 2.05) is 0 Å². The maximum atomic E-state index is 10.7. The van der Waals surface area contributed by atoms with Crippen LogP contribution in [-0.4, -0.2) is 70.5 Å². The standard InChI is InChI=1S/C19H25N5O5/c20-16-13-17(24(10-21-13)18-15(27)14(26)11(9-25)29-18)23-12(22-16)5-8-19(28)6-3-1-2-4-7-19/h10-11,14-15,18,25-28H,1-4,6-7,9H2,(H2,20,22,23)/t11-,14-,15-,18-/m1/s1. The van der Waals surface area contributed by atoms with Crippen LogP contribution in [0.1, 0.15) is 50.6 Å². The molecule has 0 spiro atoms. The second kappa shape index (κ2) is 7.85. The monoisotopic (exact) mass is 403 g/mol. The number of fused-ring (bicyclic) bond motifs is 1. The summed E-state index contributed by atoms with van der Waals surface area (Å²) in [5, 5.41) is 40.3. The van der Waals surface area contributed by atoms with Crippen LogP contribution in [0.5, 0.6) is 0 Å². The van der Waals surface area contributed by atoms with E-state index in [1.54, 1.807) is 0 Å². The number of nitrogens with zero attached hydrogens (tertiary/aromatic N) is 4. The number of nitrogen functional groups attached to an aromatic ring is 1. The fraction of sp³-hybridized carbons (Fsp3) is 0.632. The Hall–Kier alpha value is -2.29. The minimum Gasteiger partial charge on any atom is -0.394 e. The third-order valence-electron chi connectivity index (χ3n) is 5.58.